The molecule has 1 N–H and O–H groups in total. The molecule has 0 unspecified atom stereocenters. The molecule has 1 nitrogen and oxygen atoms in total. The van der Waals surface area contributed by atoms with E-state index in [1.54, 1.807) is 12.1 Å². The molecule has 1 heterocycles. The highest BCUT2D eigenvalue weighted by Gasteiger charge is 2.42. The number of halogens is 4. The van der Waals surface area contributed by atoms with Crippen molar-refractivity contribution in [3.8, 4) is 0 Å². The molecule has 124 valence electrons. The zero-order chi connectivity index (χ0) is 16.9. The molecule has 5 heteroatoms. The van der Waals surface area contributed by atoms with E-state index in [-0.39, 0.29) is 17.9 Å². The summed E-state index contributed by atoms with van der Waals surface area (Å²) < 4.78 is 41.3. The van der Waals surface area contributed by atoms with Crippen molar-refractivity contribution in [2.45, 2.75) is 24.6 Å². The third kappa shape index (κ3) is 2.55. The second kappa shape index (κ2) is 5.66. The number of fused-ring (bicyclic) bond motifs is 3. The molecule has 4 rings (SSSR count). The minimum atomic E-state index is -4.35. The highest BCUT2D eigenvalue weighted by atomic mass is 79.9. The topological polar surface area (TPSA) is 12.0 Å². The Morgan fingerprint density at radius 3 is 2.62 bits per heavy atom. The van der Waals surface area contributed by atoms with Crippen molar-refractivity contribution in [1.82, 2.24) is 0 Å². The van der Waals surface area contributed by atoms with Crippen LogP contribution in [0.1, 0.15) is 35.1 Å². The van der Waals surface area contributed by atoms with Gasteiger partial charge in [-0.1, -0.05) is 46.3 Å². The normalized spacial score (nSPS) is 25.1. The van der Waals surface area contributed by atoms with E-state index in [4.69, 9.17) is 0 Å². The lowest BCUT2D eigenvalue weighted by Gasteiger charge is -2.38. The molecule has 1 aliphatic heterocycles. The van der Waals surface area contributed by atoms with Crippen molar-refractivity contribution in [1.29, 1.82) is 0 Å². The van der Waals surface area contributed by atoms with Gasteiger partial charge in [-0.15, -0.1) is 0 Å². The third-order valence-corrected chi connectivity index (χ3v) is 5.42. The highest BCUT2D eigenvalue weighted by molar-refractivity contribution is 9.10. The molecule has 0 radical (unpaired) electrons. The van der Waals surface area contributed by atoms with Crippen molar-refractivity contribution in [2.75, 3.05) is 5.32 Å². The fraction of sp³-hybridized carbons (Fsp3) is 0.263. The first-order valence-electron chi connectivity index (χ1n) is 7.84. The van der Waals surface area contributed by atoms with E-state index in [1.807, 2.05) is 12.1 Å². The van der Waals surface area contributed by atoms with Crippen molar-refractivity contribution in [3.63, 3.8) is 0 Å². The Hall–Kier alpha value is -1.75. The van der Waals surface area contributed by atoms with Crippen LogP contribution in [0.2, 0.25) is 0 Å². The summed E-state index contributed by atoms with van der Waals surface area (Å²) in [6.45, 7) is 0. The number of nitrogens with one attached hydrogen (secondary N) is 1. The van der Waals surface area contributed by atoms with Crippen LogP contribution >= 0.6 is 15.9 Å². The summed E-state index contributed by atoms with van der Waals surface area (Å²) >= 11 is 3.48. The first kappa shape index (κ1) is 15.8. The van der Waals surface area contributed by atoms with Crippen LogP contribution in [-0.2, 0) is 6.18 Å². The van der Waals surface area contributed by atoms with Gasteiger partial charge in [-0.2, -0.15) is 13.2 Å². The monoisotopic (exact) mass is 393 g/mol. The van der Waals surface area contributed by atoms with Gasteiger partial charge in [0, 0.05) is 16.1 Å². The molecule has 3 atom stereocenters. The predicted octanol–water partition coefficient (Wildman–Crippen LogP) is 6.29. The summed E-state index contributed by atoms with van der Waals surface area (Å²) in [5.74, 6) is 0.236. The van der Waals surface area contributed by atoms with Crippen LogP contribution in [-0.4, -0.2) is 0 Å². The molecule has 2 aromatic carbocycles. The Balaban J connectivity index is 1.83. The predicted molar refractivity (Wildman–Crippen MR) is 91.9 cm³/mol. The molecule has 2 aromatic rings. The fourth-order valence-corrected chi connectivity index (χ4v) is 4.28. The number of alkyl halides is 3. The Morgan fingerprint density at radius 2 is 1.83 bits per heavy atom. The molecule has 0 aromatic heterocycles. The van der Waals surface area contributed by atoms with Crippen LogP contribution in [0.15, 0.2) is 59.1 Å². The van der Waals surface area contributed by atoms with Crippen LogP contribution in [0.5, 0.6) is 0 Å². The second-order valence-corrected chi connectivity index (χ2v) is 7.21. The van der Waals surface area contributed by atoms with Crippen LogP contribution in [0.3, 0.4) is 0 Å². The Labute approximate surface area is 146 Å². The fourth-order valence-electron chi connectivity index (χ4n) is 3.90. The molecule has 24 heavy (non-hydrogen) atoms. The van der Waals surface area contributed by atoms with Gasteiger partial charge in [-0.25, -0.2) is 0 Å². The maximum absolute atomic E-state index is 13.4. The first-order valence-corrected chi connectivity index (χ1v) is 8.63. The lowest BCUT2D eigenvalue weighted by Crippen LogP contribution is -2.30. The number of hydrogen-bond acceptors (Lipinski definition) is 1. The molecule has 0 saturated heterocycles. The number of hydrogen-bond donors (Lipinski definition) is 1. The second-order valence-electron chi connectivity index (χ2n) is 6.29. The van der Waals surface area contributed by atoms with E-state index in [0.717, 1.165) is 22.1 Å². The van der Waals surface area contributed by atoms with Crippen molar-refractivity contribution < 1.29 is 13.2 Å². The van der Waals surface area contributed by atoms with Crippen LogP contribution in [0.25, 0.3) is 0 Å². The lowest BCUT2D eigenvalue weighted by atomic mass is 9.76. The first-order chi connectivity index (χ1) is 11.4. The minimum absolute atomic E-state index is 0.0929. The SMILES string of the molecule is FC(F)(F)c1ccccc1[C@@H]1Nc2ccc(Br)cc2[C@@H]2C=CC[C@H]21. The molecular formula is C19H15BrF3N. The molecular weight excluding hydrogens is 379 g/mol. The quantitative estimate of drug-likeness (QED) is 0.561. The van der Waals surface area contributed by atoms with Gasteiger partial charge in [0.05, 0.1) is 11.6 Å². The summed E-state index contributed by atoms with van der Waals surface area (Å²) in [5, 5.41) is 3.36. The van der Waals surface area contributed by atoms with Gasteiger partial charge in [-0.3, -0.25) is 0 Å². The zero-order valence-corrected chi connectivity index (χ0v) is 14.2. The van der Waals surface area contributed by atoms with Gasteiger partial charge in [0.2, 0.25) is 0 Å². The molecule has 0 spiro atoms. The van der Waals surface area contributed by atoms with Gasteiger partial charge in [0.15, 0.2) is 0 Å². The third-order valence-electron chi connectivity index (χ3n) is 4.93. The van der Waals surface area contributed by atoms with E-state index in [2.05, 4.69) is 39.5 Å². The molecule has 1 aliphatic carbocycles. The van der Waals surface area contributed by atoms with Crippen LogP contribution in [0, 0.1) is 5.92 Å². The number of allylic oxidation sites excluding steroid dienone is 2. The smallest absolute Gasteiger partial charge is 0.378 e. The number of rotatable bonds is 1. The van der Waals surface area contributed by atoms with E-state index < -0.39 is 11.7 Å². The van der Waals surface area contributed by atoms with Crippen LogP contribution < -0.4 is 5.32 Å². The number of benzene rings is 2. The molecule has 0 bridgehead atoms. The molecule has 0 fully saturated rings. The van der Waals surface area contributed by atoms with Crippen molar-refractivity contribution >= 4 is 21.6 Å². The maximum atomic E-state index is 13.4. The van der Waals surface area contributed by atoms with Gasteiger partial charge < -0.3 is 5.32 Å². The van der Waals surface area contributed by atoms with Crippen molar-refractivity contribution in [2.24, 2.45) is 5.92 Å². The Bertz CT molecular complexity index is 812. The maximum Gasteiger partial charge on any atom is 0.416 e. The number of anilines is 1. The standard InChI is InChI=1S/C19H15BrF3N/c20-11-8-9-17-15(10-11)12-5-3-6-13(12)18(24-17)14-4-1-2-7-16(14)19(21,22)23/h1-5,7-10,12-13,18,24H,6H2/t12-,13-,18-/m1/s1. The zero-order valence-electron chi connectivity index (χ0n) is 12.6. The van der Waals surface area contributed by atoms with E-state index in [0.29, 0.717) is 5.56 Å². The summed E-state index contributed by atoms with van der Waals surface area (Å²) in [6.07, 6.45) is 0.635. The molecule has 0 saturated carbocycles. The van der Waals surface area contributed by atoms with Gasteiger partial charge >= 0.3 is 6.18 Å². The Kier molecular flexibility index (Phi) is 3.71. The van der Waals surface area contributed by atoms with E-state index in [1.165, 1.54) is 12.1 Å². The van der Waals surface area contributed by atoms with Gasteiger partial charge in [0.25, 0.3) is 0 Å². The van der Waals surface area contributed by atoms with Gasteiger partial charge in [0.1, 0.15) is 0 Å². The largest absolute Gasteiger partial charge is 0.416 e. The highest BCUT2D eigenvalue weighted by Crippen LogP contribution is 2.51. The summed E-state index contributed by atoms with van der Waals surface area (Å²) in [5.41, 5.74) is 1.84. The average molecular weight is 394 g/mol. The molecule has 2 aliphatic rings. The van der Waals surface area contributed by atoms with Crippen molar-refractivity contribution in [3.05, 3.63) is 75.8 Å². The summed E-state index contributed by atoms with van der Waals surface area (Å²) in [4.78, 5) is 0. The van der Waals surface area contributed by atoms with E-state index in [9.17, 15) is 13.2 Å². The Morgan fingerprint density at radius 1 is 1.04 bits per heavy atom. The minimum Gasteiger partial charge on any atom is -0.378 e. The van der Waals surface area contributed by atoms with Crippen LogP contribution in [0.4, 0.5) is 18.9 Å². The summed E-state index contributed by atoms with van der Waals surface area (Å²) in [7, 11) is 0. The molecule has 0 amide bonds. The van der Waals surface area contributed by atoms with E-state index >= 15 is 0 Å². The van der Waals surface area contributed by atoms with Gasteiger partial charge in [-0.05, 0) is 47.7 Å². The lowest BCUT2D eigenvalue weighted by molar-refractivity contribution is -0.138. The average Bonchev–Trinajstić information content (AvgIpc) is 3.03. The summed E-state index contributed by atoms with van der Waals surface area (Å²) in [6, 6.07) is 11.5.